The van der Waals surface area contributed by atoms with E-state index in [0.29, 0.717) is 0 Å². The Labute approximate surface area is 331 Å². The van der Waals surface area contributed by atoms with Crippen molar-refractivity contribution in [3.05, 3.63) is 11.1 Å². The van der Waals surface area contributed by atoms with Crippen LogP contribution in [0.1, 0.15) is 284 Å². The van der Waals surface area contributed by atoms with Crippen molar-refractivity contribution in [1.29, 1.82) is 0 Å². The van der Waals surface area contributed by atoms with E-state index in [9.17, 15) is 0 Å². The normalized spacial score (nSPS) is 13.8. The zero-order valence-corrected chi connectivity index (χ0v) is 37.3. The second-order valence-electron chi connectivity index (χ2n) is 18.4. The van der Waals surface area contributed by atoms with Crippen LogP contribution in [0.4, 0.5) is 0 Å². The fraction of sp³-hybridized carbons (Fsp3) is 0.961. The number of hydrogen-bond donors (Lipinski definition) is 0. The van der Waals surface area contributed by atoms with Gasteiger partial charge < -0.3 is 4.90 Å². The number of allylic oxidation sites excluding steroid dienone is 2. The Kier molecular flexibility index (Phi) is 37.2. The Balaban J connectivity index is 2.30. The Bertz CT molecular complexity index is 697. The van der Waals surface area contributed by atoms with Crippen molar-refractivity contribution in [2.24, 2.45) is 11.8 Å². The van der Waals surface area contributed by atoms with Crippen LogP contribution in [0.25, 0.3) is 0 Å². The van der Waals surface area contributed by atoms with Gasteiger partial charge in [-0.25, -0.2) is 0 Å². The molecule has 1 nitrogen and oxygen atoms in total. The van der Waals surface area contributed by atoms with Gasteiger partial charge in [-0.2, -0.15) is 0 Å². The third kappa shape index (κ3) is 32.0. The zero-order chi connectivity index (χ0) is 37.6. The molecule has 0 aromatic carbocycles. The van der Waals surface area contributed by atoms with Gasteiger partial charge in [0.15, 0.2) is 0 Å². The number of unbranched alkanes of at least 4 members (excludes halogenated alkanes) is 29. The molecule has 0 aromatic heterocycles. The molecule has 1 fully saturated rings. The van der Waals surface area contributed by atoms with Crippen LogP contribution >= 0.6 is 0 Å². The van der Waals surface area contributed by atoms with Gasteiger partial charge in [0.25, 0.3) is 0 Å². The molecule has 0 amide bonds. The molecular weight excluding hydrogens is 627 g/mol. The lowest BCUT2D eigenvalue weighted by Gasteiger charge is -2.27. The molecule has 1 atom stereocenters. The van der Waals surface area contributed by atoms with Crippen molar-refractivity contribution < 1.29 is 0 Å². The SMILES string of the molecule is CCCCCCCCCCCCCCCCC(CCCCCCCCCCCCCCCC)CCCCC(=C1CCC1)C(C)CCCCCN(C)C. The fourth-order valence-corrected chi connectivity index (χ4v) is 9.11. The molecule has 1 rings (SSSR count). The van der Waals surface area contributed by atoms with E-state index in [1.54, 1.807) is 0 Å². The first-order chi connectivity index (χ1) is 25.6. The monoisotopic (exact) mass is 728 g/mol. The quantitative estimate of drug-likeness (QED) is 0.0447. The molecule has 0 saturated heterocycles. The van der Waals surface area contributed by atoms with E-state index in [1.807, 2.05) is 11.1 Å². The molecular formula is C51H101N. The third-order valence-corrected chi connectivity index (χ3v) is 13.0. The van der Waals surface area contributed by atoms with Crippen LogP contribution in [0.3, 0.4) is 0 Å². The van der Waals surface area contributed by atoms with Crippen LogP contribution in [-0.4, -0.2) is 25.5 Å². The van der Waals surface area contributed by atoms with Crippen LogP contribution in [-0.2, 0) is 0 Å². The number of nitrogens with zero attached hydrogens (tertiary/aromatic N) is 1. The number of rotatable bonds is 42. The van der Waals surface area contributed by atoms with E-state index in [1.165, 1.54) is 270 Å². The van der Waals surface area contributed by atoms with Gasteiger partial charge in [-0.05, 0) is 77.4 Å². The smallest absolute Gasteiger partial charge is 0.00248 e. The maximum atomic E-state index is 2.57. The largest absolute Gasteiger partial charge is 0.309 e. The molecule has 1 saturated carbocycles. The summed E-state index contributed by atoms with van der Waals surface area (Å²) in [4.78, 5) is 2.34. The summed E-state index contributed by atoms with van der Waals surface area (Å²) < 4.78 is 0. The molecule has 0 spiro atoms. The van der Waals surface area contributed by atoms with Crippen molar-refractivity contribution in [3.63, 3.8) is 0 Å². The van der Waals surface area contributed by atoms with Crippen molar-refractivity contribution >= 4 is 0 Å². The maximum Gasteiger partial charge on any atom is -0.00248 e. The van der Waals surface area contributed by atoms with E-state index in [-0.39, 0.29) is 0 Å². The van der Waals surface area contributed by atoms with E-state index < -0.39 is 0 Å². The van der Waals surface area contributed by atoms with Gasteiger partial charge in [0, 0.05) is 0 Å². The van der Waals surface area contributed by atoms with Crippen LogP contribution in [0, 0.1) is 11.8 Å². The molecule has 1 aliphatic carbocycles. The van der Waals surface area contributed by atoms with E-state index >= 15 is 0 Å². The second kappa shape index (κ2) is 39.0. The molecule has 0 radical (unpaired) electrons. The predicted octanol–water partition coefficient (Wildman–Crippen LogP) is 18.1. The van der Waals surface area contributed by atoms with E-state index in [0.717, 1.165) is 11.8 Å². The van der Waals surface area contributed by atoms with Gasteiger partial charge in [-0.15, -0.1) is 0 Å². The summed E-state index contributed by atoms with van der Waals surface area (Å²) in [5.41, 5.74) is 3.79. The third-order valence-electron chi connectivity index (χ3n) is 13.0. The van der Waals surface area contributed by atoms with E-state index in [2.05, 4.69) is 39.8 Å². The maximum absolute atomic E-state index is 2.57. The minimum absolute atomic E-state index is 0.830. The molecule has 1 heteroatoms. The minimum atomic E-state index is 0.830. The average Bonchev–Trinajstić information content (AvgIpc) is 3.11. The summed E-state index contributed by atoms with van der Waals surface area (Å²) in [5.74, 6) is 1.83. The van der Waals surface area contributed by atoms with Crippen molar-refractivity contribution in [2.75, 3.05) is 20.6 Å². The summed E-state index contributed by atoms with van der Waals surface area (Å²) in [6.45, 7) is 8.47. The first-order valence-corrected chi connectivity index (χ1v) is 24.9. The Hall–Kier alpha value is -0.300. The highest BCUT2D eigenvalue weighted by molar-refractivity contribution is 5.21. The van der Waals surface area contributed by atoms with Crippen molar-refractivity contribution in [1.82, 2.24) is 4.90 Å². The molecule has 310 valence electrons. The van der Waals surface area contributed by atoms with Gasteiger partial charge >= 0.3 is 0 Å². The van der Waals surface area contributed by atoms with Gasteiger partial charge in [0.1, 0.15) is 0 Å². The van der Waals surface area contributed by atoms with Gasteiger partial charge in [0.2, 0.25) is 0 Å². The van der Waals surface area contributed by atoms with Crippen LogP contribution in [0.2, 0.25) is 0 Å². The first kappa shape index (κ1) is 49.7. The zero-order valence-electron chi connectivity index (χ0n) is 37.3. The van der Waals surface area contributed by atoms with Gasteiger partial charge in [0.05, 0.1) is 0 Å². The van der Waals surface area contributed by atoms with E-state index in [4.69, 9.17) is 0 Å². The summed E-state index contributed by atoms with van der Waals surface area (Å²) in [5, 5.41) is 0. The summed E-state index contributed by atoms with van der Waals surface area (Å²) >= 11 is 0. The van der Waals surface area contributed by atoms with Crippen LogP contribution in [0.5, 0.6) is 0 Å². The van der Waals surface area contributed by atoms with Crippen LogP contribution in [0.15, 0.2) is 11.1 Å². The summed E-state index contributed by atoms with van der Waals surface area (Å²) in [6.07, 6.45) is 60.1. The predicted molar refractivity (Wildman–Crippen MR) is 239 cm³/mol. The summed E-state index contributed by atoms with van der Waals surface area (Å²) in [7, 11) is 4.43. The van der Waals surface area contributed by atoms with Gasteiger partial charge in [-0.3, -0.25) is 0 Å². The lowest BCUT2D eigenvalue weighted by molar-refractivity contribution is 0.366. The molecule has 1 unspecified atom stereocenters. The molecule has 52 heavy (non-hydrogen) atoms. The molecule has 0 aromatic rings. The highest BCUT2D eigenvalue weighted by Gasteiger charge is 2.19. The second-order valence-corrected chi connectivity index (χ2v) is 18.4. The standard InChI is InChI=1S/C51H101N/c1-6-8-10-12-14-16-18-20-22-24-26-28-30-34-41-49(42-35-31-29-27-25-23-21-19-17-15-13-11-9-7-2)43-36-37-46-51(50-44-39-45-50)48(3)40-33-32-38-47-52(4)5/h48-49H,6-47H2,1-5H3. The van der Waals surface area contributed by atoms with Crippen molar-refractivity contribution in [3.8, 4) is 0 Å². The number of hydrogen-bond acceptors (Lipinski definition) is 1. The average molecular weight is 728 g/mol. The fourth-order valence-electron chi connectivity index (χ4n) is 9.11. The van der Waals surface area contributed by atoms with Gasteiger partial charge in [-0.1, -0.05) is 250 Å². The lowest BCUT2D eigenvalue weighted by Crippen LogP contribution is -2.13. The molecule has 0 aliphatic heterocycles. The topological polar surface area (TPSA) is 3.24 Å². The Morgan fingerprint density at radius 3 is 1.10 bits per heavy atom. The summed E-state index contributed by atoms with van der Waals surface area (Å²) in [6, 6.07) is 0. The molecule has 0 heterocycles. The lowest BCUT2D eigenvalue weighted by atomic mass is 9.79. The van der Waals surface area contributed by atoms with Crippen molar-refractivity contribution in [2.45, 2.75) is 284 Å². The molecule has 1 aliphatic rings. The molecule has 0 N–H and O–H groups in total. The first-order valence-electron chi connectivity index (χ1n) is 24.9. The Morgan fingerprint density at radius 1 is 0.423 bits per heavy atom. The highest BCUT2D eigenvalue weighted by atomic mass is 15.0. The highest BCUT2D eigenvalue weighted by Crippen LogP contribution is 2.37. The van der Waals surface area contributed by atoms with Crippen LogP contribution < -0.4 is 0 Å². The minimum Gasteiger partial charge on any atom is -0.309 e. The Morgan fingerprint density at radius 2 is 0.750 bits per heavy atom. The molecule has 0 bridgehead atoms.